The zero-order chi connectivity index (χ0) is 19.4. The van der Waals surface area contributed by atoms with Gasteiger partial charge in [-0.1, -0.05) is 24.4 Å². The molecule has 1 aliphatic heterocycles. The van der Waals surface area contributed by atoms with Gasteiger partial charge in [0.15, 0.2) is 0 Å². The lowest BCUT2D eigenvalue weighted by molar-refractivity contribution is -0.135. The van der Waals surface area contributed by atoms with Gasteiger partial charge in [-0.25, -0.2) is 4.79 Å². The van der Waals surface area contributed by atoms with Crippen LogP contribution in [0.2, 0.25) is 5.02 Å². The molecule has 0 unspecified atom stereocenters. The normalized spacial score (nSPS) is 17.9. The number of imide groups is 1. The molecular formula is C17H19ClN4O4S. The van der Waals surface area contributed by atoms with Gasteiger partial charge in [-0.3, -0.25) is 30.1 Å². The SMILES string of the molecule is O=C(CSc1ccc(Cl)cc1)NNC(=O)CN1C(=O)NC2(CCCC2)C1=O. The molecule has 3 rings (SSSR count). The number of halogens is 1. The van der Waals surface area contributed by atoms with Gasteiger partial charge in [0, 0.05) is 9.92 Å². The number of benzene rings is 1. The van der Waals surface area contributed by atoms with Gasteiger partial charge in [0.25, 0.3) is 11.8 Å². The molecule has 1 spiro atoms. The average molecular weight is 411 g/mol. The predicted octanol–water partition coefficient (Wildman–Crippen LogP) is 1.44. The van der Waals surface area contributed by atoms with E-state index in [2.05, 4.69) is 16.2 Å². The summed E-state index contributed by atoms with van der Waals surface area (Å²) in [5.41, 5.74) is 3.65. The highest BCUT2D eigenvalue weighted by Gasteiger charge is 2.52. The summed E-state index contributed by atoms with van der Waals surface area (Å²) in [6.45, 7) is -0.434. The van der Waals surface area contributed by atoms with Crippen LogP contribution in [-0.4, -0.2) is 46.5 Å². The van der Waals surface area contributed by atoms with E-state index in [1.165, 1.54) is 11.8 Å². The van der Waals surface area contributed by atoms with E-state index in [0.29, 0.717) is 17.9 Å². The molecule has 144 valence electrons. The van der Waals surface area contributed by atoms with Crippen LogP contribution in [0.3, 0.4) is 0 Å². The fourth-order valence-corrected chi connectivity index (χ4v) is 4.00. The minimum atomic E-state index is -0.851. The Morgan fingerprint density at radius 3 is 2.41 bits per heavy atom. The molecule has 1 saturated heterocycles. The molecule has 2 aliphatic rings. The number of carbonyl (C=O) groups is 4. The molecule has 1 aromatic rings. The summed E-state index contributed by atoms with van der Waals surface area (Å²) in [4.78, 5) is 50.1. The maximum Gasteiger partial charge on any atom is 0.325 e. The summed E-state index contributed by atoms with van der Waals surface area (Å²) in [6.07, 6.45) is 2.92. The van der Waals surface area contributed by atoms with E-state index < -0.39 is 29.9 Å². The molecule has 1 heterocycles. The molecule has 0 atom stereocenters. The molecule has 5 amide bonds. The highest BCUT2D eigenvalue weighted by molar-refractivity contribution is 8.00. The van der Waals surface area contributed by atoms with Crippen molar-refractivity contribution in [2.24, 2.45) is 0 Å². The van der Waals surface area contributed by atoms with Crippen LogP contribution in [0.5, 0.6) is 0 Å². The summed E-state index contributed by atoms with van der Waals surface area (Å²) in [6, 6.07) is 6.45. The molecule has 1 saturated carbocycles. The first-order chi connectivity index (χ1) is 12.9. The van der Waals surface area contributed by atoms with Crippen LogP contribution in [0, 0.1) is 0 Å². The lowest BCUT2D eigenvalue weighted by Crippen LogP contribution is -2.49. The number of nitrogens with one attached hydrogen (secondary N) is 3. The summed E-state index contributed by atoms with van der Waals surface area (Å²) < 4.78 is 0. The summed E-state index contributed by atoms with van der Waals surface area (Å²) in [5.74, 6) is -1.33. The van der Waals surface area contributed by atoms with E-state index in [1.807, 2.05) is 0 Å². The van der Waals surface area contributed by atoms with Crippen LogP contribution in [0.15, 0.2) is 29.2 Å². The number of hydrogen-bond acceptors (Lipinski definition) is 5. The molecule has 0 radical (unpaired) electrons. The number of carbonyl (C=O) groups excluding carboxylic acids is 4. The second-order valence-corrected chi connectivity index (χ2v) is 7.93. The smallest absolute Gasteiger partial charge is 0.323 e. The lowest BCUT2D eigenvalue weighted by atomic mass is 9.98. The largest absolute Gasteiger partial charge is 0.325 e. The lowest BCUT2D eigenvalue weighted by Gasteiger charge is -2.19. The van der Waals surface area contributed by atoms with Gasteiger partial charge in [0.05, 0.1) is 5.75 Å². The molecule has 3 N–H and O–H groups in total. The van der Waals surface area contributed by atoms with Crippen molar-refractivity contribution in [2.45, 2.75) is 36.1 Å². The maximum absolute atomic E-state index is 12.5. The third-order valence-corrected chi connectivity index (χ3v) is 5.79. The summed E-state index contributed by atoms with van der Waals surface area (Å²) >= 11 is 7.08. The predicted molar refractivity (Wildman–Crippen MR) is 99.9 cm³/mol. The Morgan fingerprint density at radius 2 is 1.74 bits per heavy atom. The van der Waals surface area contributed by atoms with E-state index in [1.54, 1.807) is 24.3 Å². The molecular weight excluding hydrogens is 392 g/mol. The van der Waals surface area contributed by atoms with E-state index in [9.17, 15) is 19.2 Å². The van der Waals surface area contributed by atoms with Crippen molar-refractivity contribution in [1.29, 1.82) is 0 Å². The Bertz CT molecular complexity index is 765. The van der Waals surface area contributed by atoms with E-state index in [-0.39, 0.29) is 11.7 Å². The van der Waals surface area contributed by atoms with Crippen molar-refractivity contribution in [3.05, 3.63) is 29.3 Å². The van der Waals surface area contributed by atoms with Gasteiger partial charge in [0.1, 0.15) is 12.1 Å². The van der Waals surface area contributed by atoms with E-state index in [0.717, 1.165) is 22.6 Å². The van der Waals surface area contributed by atoms with Crippen LogP contribution >= 0.6 is 23.4 Å². The number of nitrogens with zero attached hydrogens (tertiary/aromatic N) is 1. The number of hydrogen-bond donors (Lipinski definition) is 3. The number of urea groups is 1. The molecule has 1 aromatic carbocycles. The van der Waals surface area contributed by atoms with Gasteiger partial charge in [-0.05, 0) is 37.1 Å². The Hall–Kier alpha value is -2.26. The molecule has 8 nitrogen and oxygen atoms in total. The van der Waals surface area contributed by atoms with Crippen molar-refractivity contribution in [3.8, 4) is 0 Å². The second kappa shape index (κ2) is 8.18. The average Bonchev–Trinajstić information content (AvgIpc) is 3.20. The van der Waals surface area contributed by atoms with E-state index in [4.69, 9.17) is 11.6 Å². The molecule has 0 aromatic heterocycles. The van der Waals surface area contributed by atoms with Crippen molar-refractivity contribution >= 4 is 47.1 Å². The number of hydrazine groups is 1. The quantitative estimate of drug-likeness (QED) is 0.387. The standard InChI is InChI=1S/C17H19ClN4O4S/c18-11-3-5-12(6-4-11)27-10-14(24)21-20-13(23)9-22-15(25)17(19-16(22)26)7-1-2-8-17/h3-6H,1-2,7-10H2,(H,19,26)(H,20,23)(H,21,24). The highest BCUT2D eigenvalue weighted by Crippen LogP contribution is 2.34. The Morgan fingerprint density at radius 1 is 1.11 bits per heavy atom. The van der Waals surface area contributed by atoms with Crippen LogP contribution in [0.25, 0.3) is 0 Å². The molecule has 1 aliphatic carbocycles. The summed E-state index contributed by atoms with van der Waals surface area (Å²) in [5, 5.41) is 3.31. The molecule has 27 heavy (non-hydrogen) atoms. The highest BCUT2D eigenvalue weighted by atomic mass is 35.5. The maximum atomic E-state index is 12.5. The van der Waals surface area contributed by atoms with Gasteiger partial charge in [-0.2, -0.15) is 0 Å². The number of thioether (sulfide) groups is 1. The Balaban J connectivity index is 1.42. The fourth-order valence-electron chi connectivity index (χ4n) is 3.18. The Kier molecular flexibility index (Phi) is 5.91. The van der Waals surface area contributed by atoms with Crippen LogP contribution in [0.4, 0.5) is 4.79 Å². The third kappa shape index (κ3) is 4.54. The van der Waals surface area contributed by atoms with Crippen molar-refractivity contribution < 1.29 is 19.2 Å². The van der Waals surface area contributed by atoms with Crippen LogP contribution < -0.4 is 16.2 Å². The first-order valence-corrected chi connectivity index (χ1v) is 9.86. The first kappa shape index (κ1) is 19.5. The third-order valence-electron chi connectivity index (χ3n) is 4.53. The van der Waals surface area contributed by atoms with Crippen LogP contribution in [0.1, 0.15) is 25.7 Å². The van der Waals surface area contributed by atoms with Crippen molar-refractivity contribution in [3.63, 3.8) is 0 Å². The second-order valence-electron chi connectivity index (χ2n) is 6.45. The van der Waals surface area contributed by atoms with Crippen molar-refractivity contribution in [2.75, 3.05) is 12.3 Å². The van der Waals surface area contributed by atoms with Gasteiger partial charge in [0.2, 0.25) is 5.91 Å². The molecule has 0 bridgehead atoms. The zero-order valence-electron chi connectivity index (χ0n) is 14.4. The zero-order valence-corrected chi connectivity index (χ0v) is 16.0. The van der Waals surface area contributed by atoms with Crippen molar-refractivity contribution in [1.82, 2.24) is 21.1 Å². The Labute approximate surface area is 165 Å². The minimum Gasteiger partial charge on any atom is -0.323 e. The van der Waals surface area contributed by atoms with Gasteiger partial charge < -0.3 is 5.32 Å². The van der Waals surface area contributed by atoms with Gasteiger partial charge in [-0.15, -0.1) is 11.8 Å². The van der Waals surface area contributed by atoms with Gasteiger partial charge >= 0.3 is 6.03 Å². The van der Waals surface area contributed by atoms with E-state index >= 15 is 0 Å². The minimum absolute atomic E-state index is 0.0914. The molecule has 10 heteroatoms. The summed E-state index contributed by atoms with van der Waals surface area (Å²) in [7, 11) is 0. The monoisotopic (exact) mass is 410 g/mol. The molecule has 2 fully saturated rings. The number of rotatable bonds is 5. The van der Waals surface area contributed by atoms with Crippen LogP contribution in [-0.2, 0) is 14.4 Å². The number of amides is 5. The first-order valence-electron chi connectivity index (χ1n) is 8.50. The topological polar surface area (TPSA) is 108 Å². The fraction of sp³-hybridized carbons (Fsp3) is 0.412.